The van der Waals surface area contributed by atoms with Gasteiger partial charge in [0.2, 0.25) is 0 Å². The summed E-state index contributed by atoms with van der Waals surface area (Å²) in [4.78, 5) is 2.60. The molecule has 0 aromatic heterocycles. The fraction of sp³-hybridized carbons (Fsp3) is 0.520. The quantitative estimate of drug-likeness (QED) is 0.293. The number of benzene rings is 2. The van der Waals surface area contributed by atoms with E-state index in [-0.39, 0.29) is 5.82 Å². The van der Waals surface area contributed by atoms with Gasteiger partial charge in [0, 0.05) is 16.6 Å². The highest BCUT2D eigenvalue weighted by Gasteiger charge is 2.07. The Balaban J connectivity index is 1.79. The summed E-state index contributed by atoms with van der Waals surface area (Å²) < 4.78 is 20.1. The maximum atomic E-state index is 13.1. The molecule has 0 spiro atoms. The molecule has 2 rings (SSSR count). The van der Waals surface area contributed by atoms with E-state index in [0.29, 0.717) is 6.61 Å². The lowest BCUT2D eigenvalue weighted by atomic mass is 10.2. The van der Waals surface area contributed by atoms with Gasteiger partial charge in [0.05, 0.1) is 0 Å². The van der Waals surface area contributed by atoms with Crippen LogP contribution < -0.4 is 10.1 Å². The highest BCUT2D eigenvalue weighted by molar-refractivity contribution is 9.10. The van der Waals surface area contributed by atoms with Gasteiger partial charge in [-0.15, -0.1) is 0 Å². The Hall–Kier alpha value is -1.43. The summed E-state index contributed by atoms with van der Waals surface area (Å²) >= 11 is 3.56. The minimum absolute atomic E-state index is 0.227. The molecule has 2 aromatic rings. The fourth-order valence-corrected chi connectivity index (χ4v) is 3.73. The molecule has 5 heteroatoms. The molecular formula is C25H36BrFN2O. The monoisotopic (exact) mass is 478 g/mol. The van der Waals surface area contributed by atoms with Gasteiger partial charge in [0.15, 0.2) is 0 Å². The Bertz CT molecular complexity index is 716. The molecule has 1 N–H and O–H groups in total. The molecule has 0 amide bonds. The van der Waals surface area contributed by atoms with Crippen LogP contribution in [0, 0.1) is 5.82 Å². The molecule has 0 aliphatic carbocycles. The maximum Gasteiger partial charge on any atom is 0.124 e. The second-order valence-electron chi connectivity index (χ2n) is 7.75. The third-order valence-electron chi connectivity index (χ3n) is 5.13. The summed E-state index contributed by atoms with van der Waals surface area (Å²) in [7, 11) is 0. The van der Waals surface area contributed by atoms with Crippen LogP contribution in [0.1, 0.15) is 57.1 Å². The molecule has 0 fully saturated rings. The van der Waals surface area contributed by atoms with Gasteiger partial charge < -0.3 is 15.0 Å². The molecular weight excluding hydrogens is 443 g/mol. The van der Waals surface area contributed by atoms with Crippen molar-refractivity contribution in [1.29, 1.82) is 0 Å². The van der Waals surface area contributed by atoms with Gasteiger partial charge in [-0.05, 0) is 81.3 Å². The average Bonchev–Trinajstić information content (AvgIpc) is 2.75. The summed E-state index contributed by atoms with van der Waals surface area (Å²) in [5.74, 6) is 0.637. The molecule has 30 heavy (non-hydrogen) atoms. The maximum absolute atomic E-state index is 13.1. The topological polar surface area (TPSA) is 24.5 Å². The molecule has 0 aliphatic rings. The summed E-state index contributed by atoms with van der Waals surface area (Å²) in [6.07, 6.45) is 6.22. The SMILES string of the molecule is CCCCN(CCCC)CCCNCc1cc(Br)ccc1OCc1ccc(F)cc1. The summed E-state index contributed by atoms with van der Waals surface area (Å²) in [6.45, 7) is 10.3. The first kappa shape index (κ1) is 24.8. The molecule has 0 unspecified atom stereocenters. The lowest BCUT2D eigenvalue weighted by Gasteiger charge is -2.22. The van der Waals surface area contributed by atoms with E-state index in [4.69, 9.17) is 4.74 Å². The zero-order chi connectivity index (χ0) is 21.6. The molecule has 0 bridgehead atoms. The van der Waals surface area contributed by atoms with E-state index in [2.05, 4.69) is 46.1 Å². The highest BCUT2D eigenvalue weighted by Crippen LogP contribution is 2.24. The highest BCUT2D eigenvalue weighted by atomic mass is 79.9. The lowest BCUT2D eigenvalue weighted by molar-refractivity contribution is 0.260. The van der Waals surface area contributed by atoms with Crippen LogP contribution >= 0.6 is 15.9 Å². The molecule has 166 valence electrons. The fourth-order valence-electron chi connectivity index (χ4n) is 3.32. The number of hydrogen-bond donors (Lipinski definition) is 1. The molecule has 0 saturated carbocycles. The van der Waals surface area contributed by atoms with E-state index in [9.17, 15) is 4.39 Å². The van der Waals surface area contributed by atoms with Gasteiger partial charge in [0.1, 0.15) is 18.2 Å². The molecule has 3 nitrogen and oxygen atoms in total. The van der Waals surface area contributed by atoms with Crippen molar-refractivity contribution < 1.29 is 9.13 Å². The Morgan fingerprint density at radius 1 is 0.933 bits per heavy atom. The van der Waals surface area contributed by atoms with Crippen LogP contribution in [-0.4, -0.2) is 31.1 Å². The number of ether oxygens (including phenoxy) is 1. The number of nitrogens with one attached hydrogen (secondary N) is 1. The Labute approximate surface area is 190 Å². The Morgan fingerprint density at radius 2 is 1.60 bits per heavy atom. The zero-order valence-corrected chi connectivity index (χ0v) is 20.0. The minimum atomic E-state index is -0.227. The van der Waals surface area contributed by atoms with Crippen molar-refractivity contribution in [2.75, 3.05) is 26.2 Å². The van der Waals surface area contributed by atoms with Crippen molar-refractivity contribution in [2.24, 2.45) is 0 Å². The van der Waals surface area contributed by atoms with E-state index < -0.39 is 0 Å². The summed E-state index contributed by atoms with van der Waals surface area (Å²) in [5.41, 5.74) is 2.08. The number of unbranched alkanes of at least 4 members (excludes halogenated alkanes) is 2. The van der Waals surface area contributed by atoms with Crippen molar-refractivity contribution in [2.45, 2.75) is 59.1 Å². The predicted octanol–water partition coefficient (Wildman–Crippen LogP) is 6.55. The van der Waals surface area contributed by atoms with Crippen LogP contribution in [0.25, 0.3) is 0 Å². The molecule has 0 saturated heterocycles. The third-order valence-corrected chi connectivity index (χ3v) is 5.62. The molecule has 0 heterocycles. The average molecular weight is 479 g/mol. The normalized spacial score (nSPS) is 11.2. The zero-order valence-electron chi connectivity index (χ0n) is 18.4. The van der Waals surface area contributed by atoms with Gasteiger partial charge in [-0.1, -0.05) is 54.8 Å². The number of hydrogen-bond acceptors (Lipinski definition) is 3. The van der Waals surface area contributed by atoms with Crippen LogP contribution in [0.2, 0.25) is 0 Å². The van der Waals surface area contributed by atoms with Crippen molar-refractivity contribution in [3.8, 4) is 5.75 Å². The van der Waals surface area contributed by atoms with E-state index in [1.165, 1.54) is 50.9 Å². The van der Waals surface area contributed by atoms with E-state index >= 15 is 0 Å². The standard InChI is InChI=1S/C25H36BrFN2O/c1-3-5-15-29(16-6-4-2)17-7-14-28-19-22-18-23(26)10-13-25(22)30-20-21-8-11-24(27)12-9-21/h8-13,18,28H,3-7,14-17,19-20H2,1-2H3. The van der Waals surface area contributed by atoms with Gasteiger partial charge in [0.25, 0.3) is 0 Å². The van der Waals surface area contributed by atoms with E-state index in [1.54, 1.807) is 12.1 Å². The van der Waals surface area contributed by atoms with Gasteiger partial charge in [-0.25, -0.2) is 4.39 Å². The van der Waals surface area contributed by atoms with Crippen molar-refractivity contribution in [3.05, 3.63) is 63.9 Å². The first-order valence-electron chi connectivity index (χ1n) is 11.2. The smallest absolute Gasteiger partial charge is 0.124 e. The van der Waals surface area contributed by atoms with Gasteiger partial charge >= 0.3 is 0 Å². The lowest BCUT2D eigenvalue weighted by Crippen LogP contribution is -2.29. The molecule has 0 aliphatic heterocycles. The Morgan fingerprint density at radius 3 is 2.27 bits per heavy atom. The van der Waals surface area contributed by atoms with Crippen LogP contribution in [0.15, 0.2) is 46.9 Å². The molecule has 0 radical (unpaired) electrons. The summed E-state index contributed by atoms with van der Waals surface area (Å²) in [6, 6.07) is 12.5. The minimum Gasteiger partial charge on any atom is -0.489 e. The number of nitrogens with zero attached hydrogens (tertiary/aromatic N) is 1. The second kappa shape index (κ2) is 14.6. The second-order valence-corrected chi connectivity index (χ2v) is 8.66. The third kappa shape index (κ3) is 9.59. The van der Waals surface area contributed by atoms with Gasteiger partial charge in [-0.3, -0.25) is 0 Å². The number of halogens is 2. The Kier molecular flexibility index (Phi) is 12.0. The van der Waals surface area contributed by atoms with Crippen molar-refractivity contribution in [1.82, 2.24) is 10.2 Å². The number of rotatable bonds is 15. The van der Waals surface area contributed by atoms with Crippen molar-refractivity contribution >= 4 is 15.9 Å². The van der Waals surface area contributed by atoms with Crippen LogP contribution in [0.3, 0.4) is 0 Å². The predicted molar refractivity (Wildman–Crippen MR) is 127 cm³/mol. The molecule has 0 atom stereocenters. The molecule has 2 aromatic carbocycles. The van der Waals surface area contributed by atoms with E-state index in [0.717, 1.165) is 47.4 Å². The van der Waals surface area contributed by atoms with E-state index in [1.807, 2.05) is 12.1 Å². The van der Waals surface area contributed by atoms with Crippen LogP contribution in [0.4, 0.5) is 4.39 Å². The van der Waals surface area contributed by atoms with Gasteiger partial charge in [-0.2, -0.15) is 0 Å². The van der Waals surface area contributed by atoms with Crippen molar-refractivity contribution in [3.63, 3.8) is 0 Å². The summed E-state index contributed by atoms with van der Waals surface area (Å²) in [5, 5.41) is 3.57. The van der Waals surface area contributed by atoms with Crippen LogP contribution in [-0.2, 0) is 13.2 Å². The first-order valence-corrected chi connectivity index (χ1v) is 12.0. The first-order chi connectivity index (χ1) is 14.6. The van der Waals surface area contributed by atoms with Crippen LogP contribution in [0.5, 0.6) is 5.75 Å². The largest absolute Gasteiger partial charge is 0.489 e.